The van der Waals surface area contributed by atoms with Crippen LogP contribution >= 0.6 is 39.3 Å². The average molecular weight is 568 g/mol. The van der Waals surface area contributed by atoms with Crippen molar-refractivity contribution in [2.75, 3.05) is 25.4 Å². The molecule has 1 aromatic heterocycles. The van der Waals surface area contributed by atoms with Crippen molar-refractivity contribution in [1.29, 1.82) is 0 Å². The Bertz CT molecular complexity index is 1090. The minimum atomic E-state index is -0.295. The lowest BCUT2D eigenvalue weighted by Crippen LogP contribution is -2.43. The maximum atomic E-state index is 13.8. The van der Waals surface area contributed by atoms with Crippen molar-refractivity contribution in [3.63, 3.8) is 0 Å². The van der Waals surface area contributed by atoms with E-state index < -0.39 is 0 Å². The average Bonchev–Trinajstić information content (AvgIpc) is 3.29. The molecule has 0 aliphatic carbocycles. The second-order valence-corrected chi connectivity index (χ2v) is 10.6. The van der Waals surface area contributed by atoms with Crippen LogP contribution in [0.3, 0.4) is 0 Å². The summed E-state index contributed by atoms with van der Waals surface area (Å²) in [5.74, 6) is 1.95. The molecule has 1 amide bonds. The Morgan fingerprint density at radius 3 is 2.91 bits per heavy atom. The summed E-state index contributed by atoms with van der Waals surface area (Å²) >= 11 is 11.0. The van der Waals surface area contributed by atoms with Crippen LogP contribution in [-0.2, 0) is 17.1 Å². The number of likely N-dealkylation sites (tertiary alicyclic amines) is 1. The van der Waals surface area contributed by atoms with Gasteiger partial charge in [0.1, 0.15) is 5.82 Å². The Hall–Kier alpha value is -1.94. The van der Waals surface area contributed by atoms with E-state index in [0.717, 1.165) is 29.4 Å². The Balaban J connectivity index is 1.20. The predicted molar refractivity (Wildman–Crippen MR) is 136 cm³/mol. The highest BCUT2D eigenvalue weighted by molar-refractivity contribution is 9.10. The van der Waals surface area contributed by atoms with Gasteiger partial charge in [0.2, 0.25) is 17.6 Å². The van der Waals surface area contributed by atoms with Crippen LogP contribution in [0.25, 0.3) is 11.4 Å². The van der Waals surface area contributed by atoms with Crippen molar-refractivity contribution in [3.05, 3.63) is 69.2 Å². The van der Waals surface area contributed by atoms with Crippen LogP contribution in [-0.4, -0.2) is 46.3 Å². The fraction of sp³-hybridized carbons (Fsp3) is 0.375. The van der Waals surface area contributed by atoms with Crippen LogP contribution < -0.4 is 5.32 Å². The van der Waals surface area contributed by atoms with E-state index in [1.807, 2.05) is 24.3 Å². The Morgan fingerprint density at radius 1 is 1.29 bits per heavy atom. The van der Waals surface area contributed by atoms with Crippen molar-refractivity contribution >= 4 is 45.2 Å². The maximum absolute atomic E-state index is 13.8. The van der Waals surface area contributed by atoms with E-state index in [0.29, 0.717) is 53.4 Å². The molecule has 3 aromatic rings. The van der Waals surface area contributed by atoms with Gasteiger partial charge in [0.05, 0.1) is 12.5 Å². The second kappa shape index (κ2) is 12.2. The van der Waals surface area contributed by atoms with Gasteiger partial charge in [-0.15, -0.1) is 0 Å². The molecule has 34 heavy (non-hydrogen) atoms. The summed E-state index contributed by atoms with van der Waals surface area (Å²) in [5, 5.41) is 7.53. The standard InChI is InChI=1S/C24H25BrClFN4O2S/c25-18-8-6-16(7-9-18)23-29-22(33-30-23)14-31-11-2-3-17(13-31)24(32)28-10-12-34-15-19-20(26)4-1-5-21(19)27/h1,4-9,17H,2-3,10-15H2,(H,28,32). The number of nitrogens with zero attached hydrogens (tertiary/aromatic N) is 3. The number of amides is 1. The van der Waals surface area contributed by atoms with Crippen molar-refractivity contribution in [2.24, 2.45) is 5.92 Å². The first-order chi connectivity index (χ1) is 16.5. The molecule has 1 atom stereocenters. The SMILES string of the molecule is O=C(NCCSCc1c(F)cccc1Cl)C1CCCN(Cc2nc(-c3ccc(Br)cc3)no2)C1. The monoisotopic (exact) mass is 566 g/mol. The smallest absolute Gasteiger partial charge is 0.241 e. The number of rotatable bonds is 9. The Kier molecular flexibility index (Phi) is 8.99. The van der Waals surface area contributed by atoms with Gasteiger partial charge in [-0.3, -0.25) is 9.69 Å². The maximum Gasteiger partial charge on any atom is 0.241 e. The number of nitrogens with one attached hydrogen (secondary N) is 1. The number of hydrogen-bond donors (Lipinski definition) is 1. The quantitative estimate of drug-likeness (QED) is 0.342. The molecule has 4 rings (SSSR count). The Morgan fingerprint density at radius 2 is 2.12 bits per heavy atom. The van der Waals surface area contributed by atoms with Crippen molar-refractivity contribution in [2.45, 2.75) is 25.1 Å². The predicted octanol–water partition coefficient (Wildman–Crippen LogP) is 5.55. The fourth-order valence-corrected chi connectivity index (χ4v) is 5.34. The van der Waals surface area contributed by atoms with E-state index in [9.17, 15) is 9.18 Å². The molecule has 1 aliphatic rings. The third-order valence-electron chi connectivity index (χ3n) is 5.66. The molecule has 6 nitrogen and oxygen atoms in total. The molecule has 1 aliphatic heterocycles. The van der Waals surface area contributed by atoms with Crippen LogP contribution in [0.15, 0.2) is 51.5 Å². The highest BCUT2D eigenvalue weighted by Gasteiger charge is 2.26. The number of hydrogen-bond acceptors (Lipinski definition) is 6. The van der Waals surface area contributed by atoms with E-state index in [1.54, 1.807) is 23.9 Å². The van der Waals surface area contributed by atoms with Crippen LogP contribution in [0.5, 0.6) is 0 Å². The van der Waals surface area contributed by atoms with Crippen LogP contribution in [0.2, 0.25) is 5.02 Å². The number of piperidine rings is 1. The van der Waals surface area contributed by atoms with Crippen LogP contribution in [0, 0.1) is 11.7 Å². The number of aromatic nitrogens is 2. The summed E-state index contributed by atoms with van der Waals surface area (Å²) in [6.07, 6.45) is 1.79. The van der Waals surface area contributed by atoms with Gasteiger partial charge < -0.3 is 9.84 Å². The van der Waals surface area contributed by atoms with Gasteiger partial charge in [0.25, 0.3) is 0 Å². The van der Waals surface area contributed by atoms with Gasteiger partial charge >= 0.3 is 0 Å². The summed E-state index contributed by atoms with van der Waals surface area (Å²) in [7, 11) is 0. The molecule has 1 fully saturated rings. The largest absolute Gasteiger partial charge is 0.355 e. The second-order valence-electron chi connectivity index (χ2n) is 8.14. The summed E-state index contributed by atoms with van der Waals surface area (Å²) in [5.41, 5.74) is 1.40. The Labute approximate surface area is 215 Å². The third-order valence-corrected chi connectivity index (χ3v) is 7.53. The minimum absolute atomic E-state index is 0.0512. The highest BCUT2D eigenvalue weighted by Crippen LogP contribution is 2.24. The first kappa shape index (κ1) is 25.2. The third kappa shape index (κ3) is 6.81. The number of thioether (sulfide) groups is 1. The van der Waals surface area contributed by atoms with Crippen molar-refractivity contribution < 1.29 is 13.7 Å². The molecule has 2 aromatic carbocycles. The minimum Gasteiger partial charge on any atom is -0.355 e. The lowest BCUT2D eigenvalue weighted by atomic mass is 9.97. The first-order valence-electron chi connectivity index (χ1n) is 11.1. The highest BCUT2D eigenvalue weighted by atomic mass is 79.9. The number of halogens is 3. The molecule has 2 heterocycles. The molecule has 0 bridgehead atoms. The van der Waals surface area contributed by atoms with Crippen molar-refractivity contribution in [3.8, 4) is 11.4 Å². The lowest BCUT2D eigenvalue weighted by Gasteiger charge is -2.30. The summed E-state index contributed by atoms with van der Waals surface area (Å²) < 4.78 is 20.3. The normalized spacial score (nSPS) is 16.5. The summed E-state index contributed by atoms with van der Waals surface area (Å²) in [6.45, 7) is 2.59. The molecule has 1 saturated heterocycles. The van der Waals surface area contributed by atoms with Gasteiger partial charge in [-0.1, -0.05) is 38.8 Å². The van der Waals surface area contributed by atoms with Gasteiger partial charge in [0, 0.05) is 45.2 Å². The zero-order valence-corrected chi connectivity index (χ0v) is 21.6. The molecular weight excluding hydrogens is 543 g/mol. The van der Waals surface area contributed by atoms with E-state index in [-0.39, 0.29) is 17.6 Å². The zero-order chi connectivity index (χ0) is 23.9. The van der Waals surface area contributed by atoms with Gasteiger partial charge in [-0.25, -0.2) is 4.39 Å². The van der Waals surface area contributed by atoms with Crippen LogP contribution in [0.4, 0.5) is 4.39 Å². The fourth-order valence-electron chi connectivity index (χ4n) is 3.87. The van der Waals surface area contributed by atoms with Crippen LogP contribution in [0.1, 0.15) is 24.3 Å². The molecular formula is C24H25BrClFN4O2S. The van der Waals surface area contributed by atoms with Gasteiger partial charge in [-0.05, 0) is 55.8 Å². The molecule has 10 heteroatoms. The van der Waals surface area contributed by atoms with E-state index >= 15 is 0 Å². The number of benzene rings is 2. The van der Waals surface area contributed by atoms with E-state index in [1.165, 1.54) is 6.07 Å². The summed E-state index contributed by atoms with van der Waals surface area (Å²) in [4.78, 5) is 19.4. The summed E-state index contributed by atoms with van der Waals surface area (Å²) in [6, 6.07) is 12.4. The zero-order valence-electron chi connectivity index (χ0n) is 18.5. The topological polar surface area (TPSA) is 71.3 Å². The van der Waals surface area contributed by atoms with E-state index in [2.05, 4.69) is 36.3 Å². The molecule has 1 N–H and O–H groups in total. The lowest BCUT2D eigenvalue weighted by molar-refractivity contribution is -0.126. The molecule has 0 radical (unpaired) electrons. The first-order valence-corrected chi connectivity index (χ1v) is 13.4. The van der Waals surface area contributed by atoms with Gasteiger partial charge in [0.15, 0.2) is 0 Å². The van der Waals surface area contributed by atoms with Gasteiger partial charge in [-0.2, -0.15) is 16.7 Å². The van der Waals surface area contributed by atoms with E-state index in [4.69, 9.17) is 16.1 Å². The number of carbonyl (C=O) groups is 1. The molecule has 0 spiro atoms. The molecule has 180 valence electrons. The molecule has 0 saturated carbocycles. The van der Waals surface area contributed by atoms with Crippen molar-refractivity contribution in [1.82, 2.24) is 20.4 Å². The molecule has 1 unspecified atom stereocenters. The number of carbonyl (C=O) groups excluding carboxylic acids is 1.